The Labute approximate surface area is 69.2 Å². The first-order chi connectivity index (χ1) is 5.22. The highest BCUT2D eigenvalue weighted by molar-refractivity contribution is 4.74. The summed E-state index contributed by atoms with van der Waals surface area (Å²) >= 11 is 0. The van der Waals surface area contributed by atoms with E-state index in [1.54, 1.807) is 0 Å². The summed E-state index contributed by atoms with van der Waals surface area (Å²) in [5.41, 5.74) is 0. The predicted octanol–water partition coefficient (Wildman–Crippen LogP) is 1.24. The number of hydrogen-bond acceptors (Lipinski definition) is 2. The number of aliphatic hydroxyl groups excluding tert-OH is 1. The molecule has 11 heavy (non-hydrogen) atoms. The van der Waals surface area contributed by atoms with Gasteiger partial charge in [0.1, 0.15) is 0 Å². The number of hydrogen-bond donors (Lipinski definition) is 1. The minimum absolute atomic E-state index is 0.187. The van der Waals surface area contributed by atoms with Gasteiger partial charge in [-0.1, -0.05) is 6.42 Å². The lowest BCUT2D eigenvalue weighted by molar-refractivity contribution is 0.0591. The summed E-state index contributed by atoms with van der Waals surface area (Å²) in [7, 11) is 0. The molecule has 1 aliphatic rings. The predicted molar refractivity (Wildman–Crippen MR) is 46.6 cm³/mol. The molecule has 1 saturated heterocycles. The van der Waals surface area contributed by atoms with Gasteiger partial charge in [-0.2, -0.15) is 0 Å². The first-order valence-electron chi connectivity index (χ1n) is 4.64. The van der Waals surface area contributed by atoms with Crippen LogP contribution < -0.4 is 0 Å². The minimum atomic E-state index is -0.187. The number of piperidine rings is 1. The standard InChI is InChI=1S/C9H19NO/c1-8(9(2)11)10-6-4-3-5-7-10/h8-9,11H,3-7H2,1-2H3/t8-,9-/m0/s1. The molecule has 0 amide bonds. The largest absolute Gasteiger partial charge is 0.392 e. The van der Waals surface area contributed by atoms with Gasteiger partial charge in [-0.15, -0.1) is 0 Å². The molecule has 2 nitrogen and oxygen atoms in total. The van der Waals surface area contributed by atoms with Crippen molar-refractivity contribution < 1.29 is 5.11 Å². The third-order valence-electron chi connectivity index (χ3n) is 2.66. The van der Waals surface area contributed by atoms with Crippen LogP contribution in [0.3, 0.4) is 0 Å². The maximum Gasteiger partial charge on any atom is 0.0664 e. The molecule has 0 radical (unpaired) electrons. The van der Waals surface area contributed by atoms with Crippen molar-refractivity contribution in [3.8, 4) is 0 Å². The molecule has 2 heteroatoms. The van der Waals surface area contributed by atoms with Crippen LogP contribution in [0.2, 0.25) is 0 Å². The Morgan fingerprint density at radius 2 is 1.64 bits per heavy atom. The Bertz CT molecular complexity index is 108. The molecule has 0 spiro atoms. The van der Waals surface area contributed by atoms with Gasteiger partial charge in [0.25, 0.3) is 0 Å². The van der Waals surface area contributed by atoms with E-state index in [1.807, 2.05) is 6.92 Å². The van der Waals surface area contributed by atoms with Crippen LogP contribution in [0, 0.1) is 0 Å². The molecular formula is C9H19NO. The van der Waals surface area contributed by atoms with Crippen LogP contribution in [0.4, 0.5) is 0 Å². The lowest BCUT2D eigenvalue weighted by Crippen LogP contribution is -2.43. The molecule has 0 aromatic heterocycles. The van der Waals surface area contributed by atoms with E-state index in [-0.39, 0.29) is 6.10 Å². The van der Waals surface area contributed by atoms with Gasteiger partial charge in [-0.25, -0.2) is 0 Å². The number of rotatable bonds is 2. The van der Waals surface area contributed by atoms with Gasteiger partial charge in [0, 0.05) is 6.04 Å². The second-order valence-electron chi connectivity index (χ2n) is 3.58. The SMILES string of the molecule is C[C@H](O)[C@H](C)N1CCCCC1. The number of likely N-dealkylation sites (tertiary alicyclic amines) is 1. The molecule has 2 atom stereocenters. The summed E-state index contributed by atoms with van der Waals surface area (Å²) in [5.74, 6) is 0. The van der Waals surface area contributed by atoms with E-state index in [9.17, 15) is 5.11 Å². The van der Waals surface area contributed by atoms with Crippen molar-refractivity contribution in [1.29, 1.82) is 0 Å². The van der Waals surface area contributed by atoms with Gasteiger partial charge in [0.05, 0.1) is 6.10 Å². The summed E-state index contributed by atoms with van der Waals surface area (Å²) < 4.78 is 0. The normalized spacial score (nSPS) is 26.5. The molecular weight excluding hydrogens is 138 g/mol. The fourth-order valence-corrected chi connectivity index (χ4v) is 1.63. The highest BCUT2D eigenvalue weighted by atomic mass is 16.3. The van der Waals surface area contributed by atoms with E-state index in [0.29, 0.717) is 6.04 Å². The van der Waals surface area contributed by atoms with Crippen molar-refractivity contribution in [3.05, 3.63) is 0 Å². The van der Waals surface area contributed by atoms with Gasteiger partial charge in [-0.05, 0) is 39.8 Å². The van der Waals surface area contributed by atoms with Crippen LogP contribution in [0.25, 0.3) is 0 Å². The van der Waals surface area contributed by atoms with Crippen LogP contribution in [0.1, 0.15) is 33.1 Å². The van der Waals surface area contributed by atoms with Crippen LogP contribution >= 0.6 is 0 Å². The summed E-state index contributed by atoms with van der Waals surface area (Å²) in [6.45, 7) is 6.33. The molecule has 0 saturated carbocycles. The van der Waals surface area contributed by atoms with Gasteiger partial charge < -0.3 is 5.11 Å². The first-order valence-corrected chi connectivity index (χ1v) is 4.64. The second-order valence-corrected chi connectivity index (χ2v) is 3.58. The smallest absolute Gasteiger partial charge is 0.0664 e. The second kappa shape index (κ2) is 4.07. The maximum atomic E-state index is 9.33. The molecule has 0 aromatic rings. The van der Waals surface area contributed by atoms with Gasteiger partial charge in [0.15, 0.2) is 0 Å². The number of aliphatic hydroxyl groups is 1. The molecule has 66 valence electrons. The van der Waals surface area contributed by atoms with E-state index in [4.69, 9.17) is 0 Å². The van der Waals surface area contributed by atoms with E-state index in [0.717, 1.165) is 0 Å². The summed E-state index contributed by atoms with van der Waals surface area (Å²) in [6.07, 6.45) is 3.78. The van der Waals surface area contributed by atoms with Crippen LogP contribution in [-0.4, -0.2) is 35.2 Å². The van der Waals surface area contributed by atoms with Crippen LogP contribution in [-0.2, 0) is 0 Å². The zero-order valence-electron chi connectivity index (χ0n) is 7.58. The lowest BCUT2D eigenvalue weighted by Gasteiger charge is -2.33. The van der Waals surface area contributed by atoms with Gasteiger partial charge >= 0.3 is 0 Å². The van der Waals surface area contributed by atoms with E-state index in [2.05, 4.69) is 11.8 Å². The molecule has 0 aliphatic carbocycles. The Hall–Kier alpha value is -0.0800. The van der Waals surface area contributed by atoms with Gasteiger partial charge in [-0.3, -0.25) is 4.90 Å². The van der Waals surface area contributed by atoms with Gasteiger partial charge in [0.2, 0.25) is 0 Å². The van der Waals surface area contributed by atoms with Crippen molar-refractivity contribution >= 4 is 0 Å². The van der Waals surface area contributed by atoms with Crippen LogP contribution in [0.5, 0.6) is 0 Å². The highest BCUT2D eigenvalue weighted by Gasteiger charge is 2.19. The van der Waals surface area contributed by atoms with Crippen molar-refractivity contribution in [3.63, 3.8) is 0 Å². The van der Waals surface area contributed by atoms with Crippen molar-refractivity contribution in [2.75, 3.05) is 13.1 Å². The molecule has 0 bridgehead atoms. The fourth-order valence-electron chi connectivity index (χ4n) is 1.63. The monoisotopic (exact) mass is 157 g/mol. The average Bonchev–Trinajstić information content (AvgIpc) is 2.05. The molecule has 1 fully saturated rings. The molecule has 0 aromatic carbocycles. The molecule has 0 unspecified atom stereocenters. The van der Waals surface area contributed by atoms with Crippen LogP contribution in [0.15, 0.2) is 0 Å². The maximum absolute atomic E-state index is 9.33. The first kappa shape index (κ1) is 9.01. The van der Waals surface area contributed by atoms with Crippen molar-refractivity contribution in [2.45, 2.75) is 45.3 Å². The van der Waals surface area contributed by atoms with Crippen molar-refractivity contribution in [1.82, 2.24) is 4.90 Å². The minimum Gasteiger partial charge on any atom is -0.392 e. The molecule has 1 N–H and O–H groups in total. The van der Waals surface area contributed by atoms with E-state index >= 15 is 0 Å². The zero-order chi connectivity index (χ0) is 8.27. The third kappa shape index (κ3) is 2.46. The third-order valence-corrected chi connectivity index (χ3v) is 2.66. The van der Waals surface area contributed by atoms with E-state index in [1.165, 1.54) is 32.4 Å². The summed E-state index contributed by atoms with van der Waals surface area (Å²) in [4.78, 5) is 2.38. The van der Waals surface area contributed by atoms with E-state index < -0.39 is 0 Å². The summed E-state index contributed by atoms with van der Waals surface area (Å²) in [6, 6.07) is 0.343. The molecule has 1 rings (SSSR count). The average molecular weight is 157 g/mol. The Kier molecular flexibility index (Phi) is 3.34. The number of nitrogens with zero attached hydrogens (tertiary/aromatic N) is 1. The topological polar surface area (TPSA) is 23.5 Å². The Balaban J connectivity index is 2.32. The lowest BCUT2D eigenvalue weighted by atomic mass is 10.1. The quantitative estimate of drug-likeness (QED) is 0.652. The molecule has 1 heterocycles. The Morgan fingerprint density at radius 3 is 2.09 bits per heavy atom. The zero-order valence-corrected chi connectivity index (χ0v) is 7.58. The Morgan fingerprint density at radius 1 is 1.09 bits per heavy atom. The summed E-state index contributed by atoms with van der Waals surface area (Å²) in [5, 5.41) is 9.33. The molecule has 1 aliphatic heterocycles. The fraction of sp³-hybridized carbons (Fsp3) is 1.00. The highest BCUT2D eigenvalue weighted by Crippen LogP contribution is 2.13. The van der Waals surface area contributed by atoms with Crippen molar-refractivity contribution in [2.24, 2.45) is 0 Å².